The summed E-state index contributed by atoms with van der Waals surface area (Å²) in [6.45, 7) is 1.94. The summed E-state index contributed by atoms with van der Waals surface area (Å²) >= 11 is 0. The van der Waals surface area contributed by atoms with Crippen LogP contribution in [0.25, 0.3) is 0 Å². The predicted octanol–water partition coefficient (Wildman–Crippen LogP) is 1.26. The summed E-state index contributed by atoms with van der Waals surface area (Å²) in [7, 11) is 1.37. The highest BCUT2D eigenvalue weighted by Gasteiger charge is 2.21. The molecule has 1 aliphatic rings. The van der Waals surface area contributed by atoms with Gasteiger partial charge in [0, 0.05) is 19.7 Å². The van der Waals surface area contributed by atoms with Gasteiger partial charge in [-0.25, -0.2) is 4.79 Å². The zero-order chi connectivity index (χ0) is 13.8. The van der Waals surface area contributed by atoms with Crippen LogP contribution >= 0.6 is 0 Å². The Kier molecular flexibility index (Phi) is 4.27. The topological polar surface area (TPSA) is 75.8 Å². The van der Waals surface area contributed by atoms with Gasteiger partial charge in [0.2, 0.25) is 0 Å². The second kappa shape index (κ2) is 5.93. The number of piperidine rings is 1. The second-order valence-electron chi connectivity index (χ2n) is 4.88. The molecular formula is C14H20N2O3. The summed E-state index contributed by atoms with van der Waals surface area (Å²) in [5.41, 5.74) is 8.03. The molecule has 3 N–H and O–H groups in total. The third-order valence-corrected chi connectivity index (χ3v) is 3.66. The van der Waals surface area contributed by atoms with Gasteiger partial charge in [0.05, 0.1) is 24.0 Å². The Hall–Kier alpha value is -1.75. The molecule has 1 heterocycles. The standard InChI is InChI=1S/C14H20N2O3/c1-19-14(18)11-2-3-12(15)13(8-11)16-6-4-10(9-17)5-7-16/h2-3,8,10,17H,4-7,9,15H2,1H3. The fraction of sp³-hybridized carbons (Fsp3) is 0.500. The van der Waals surface area contributed by atoms with Gasteiger partial charge in [0.25, 0.3) is 0 Å². The summed E-state index contributed by atoms with van der Waals surface area (Å²) < 4.78 is 4.72. The summed E-state index contributed by atoms with van der Waals surface area (Å²) in [6, 6.07) is 5.19. The van der Waals surface area contributed by atoms with Crippen molar-refractivity contribution in [3.05, 3.63) is 23.8 Å². The van der Waals surface area contributed by atoms with Crippen molar-refractivity contribution in [2.75, 3.05) is 37.4 Å². The highest BCUT2D eigenvalue weighted by molar-refractivity contribution is 5.92. The van der Waals surface area contributed by atoms with Gasteiger partial charge in [-0.05, 0) is 37.0 Å². The molecule has 0 spiro atoms. The Labute approximate surface area is 113 Å². The minimum absolute atomic E-state index is 0.242. The van der Waals surface area contributed by atoms with E-state index < -0.39 is 0 Å². The van der Waals surface area contributed by atoms with Crippen LogP contribution in [-0.2, 0) is 4.74 Å². The molecule has 1 aromatic rings. The summed E-state index contributed by atoms with van der Waals surface area (Å²) in [4.78, 5) is 13.7. The summed E-state index contributed by atoms with van der Waals surface area (Å²) in [6.07, 6.45) is 1.89. The molecule has 0 amide bonds. The molecule has 19 heavy (non-hydrogen) atoms. The van der Waals surface area contributed by atoms with Crippen LogP contribution in [0.1, 0.15) is 23.2 Å². The smallest absolute Gasteiger partial charge is 0.337 e. The second-order valence-corrected chi connectivity index (χ2v) is 4.88. The molecule has 0 radical (unpaired) electrons. The van der Waals surface area contributed by atoms with E-state index in [-0.39, 0.29) is 12.6 Å². The first kappa shape index (κ1) is 13.7. The van der Waals surface area contributed by atoms with Gasteiger partial charge in [-0.15, -0.1) is 0 Å². The lowest BCUT2D eigenvalue weighted by Gasteiger charge is -2.33. The maximum atomic E-state index is 11.5. The third-order valence-electron chi connectivity index (χ3n) is 3.66. The van der Waals surface area contributed by atoms with Crippen LogP contribution in [0.3, 0.4) is 0 Å². The number of ether oxygens (including phenoxy) is 1. The number of carbonyl (C=O) groups is 1. The highest BCUT2D eigenvalue weighted by atomic mass is 16.5. The first-order valence-electron chi connectivity index (χ1n) is 6.49. The minimum Gasteiger partial charge on any atom is -0.465 e. The number of nitrogens with two attached hydrogens (primary N) is 1. The molecule has 0 aromatic heterocycles. The number of hydrogen-bond donors (Lipinski definition) is 2. The summed E-state index contributed by atoms with van der Waals surface area (Å²) in [5, 5.41) is 9.15. The van der Waals surface area contributed by atoms with Gasteiger partial charge in [0.1, 0.15) is 0 Å². The quantitative estimate of drug-likeness (QED) is 0.635. The van der Waals surface area contributed by atoms with E-state index in [1.54, 1.807) is 18.2 Å². The zero-order valence-corrected chi connectivity index (χ0v) is 11.1. The highest BCUT2D eigenvalue weighted by Crippen LogP contribution is 2.29. The van der Waals surface area contributed by atoms with Crippen molar-refractivity contribution in [2.24, 2.45) is 5.92 Å². The fourth-order valence-corrected chi connectivity index (χ4v) is 2.42. The lowest BCUT2D eigenvalue weighted by Crippen LogP contribution is -2.35. The third kappa shape index (κ3) is 2.98. The average Bonchev–Trinajstić information content (AvgIpc) is 2.47. The number of benzene rings is 1. The van der Waals surface area contributed by atoms with Crippen LogP contribution < -0.4 is 10.6 Å². The Bertz CT molecular complexity index is 454. The van der Waals surface area contributed by atoms with Gasteiger partial charge in [-0.3, -0.25) is 0 Å². The van der Waals surface area contributed by atoms with E-state index in [0.717, 1.165) is 31.6 Å². The van der Waals surface area contributed by atoms with Gasteiger partial charge in [-0.2, -0.15) is 0 Å². The molecule has 0 atom stereocenters. The van der Waals surface area contributed by atoms with Crippen molar-refractivity contribution in [2.45, 2.75) is 12.8 Å². The van der Waals surface area contributed by atoms with Gasteiger partial charge in [0.15, 0.2) is 0 Å². The molecular weight excluding hydrogens is 244 g/mol. The fourth-order valence-electron chi connectivity index (χ4n) is 2.42. The molecule has 1 aromatic carbocycles. The van der Waals surface area contributed by atoms with Crippen LogP contribution in [0.4, 0.5) is 11.4 Å². The van der Waals surface area contributed by atoms with E-state index in [2.05, 4.69) is 4.90 Å². The van der Waals surface area contributed by atoms with E-state index in [4.69, 9.17) is 15.6 Å². The van der Waals surface area contributed by atoms with Crippen LogP contribution in [0.15, 0.2) is 18.2 Å². The number of anilines is 2. The van der Waals surface area contributed by atoms with Crippen molar-refractivity contribution in [1.82, 2.24) is 0 Å². The molecule has 104 valence electrons. The van der Waals surface area contributed by atoms with Gasteiger partial charge in [-0.1, -0.05) is 0 Å². The monoisotopic (exact) mass is 264 g/mol. The van der Waals surface area contributed by atoms with Crippen molar-refractivity contribution in [3.8, 4) is 0 Å². The minimum atomic E-state index is -0.355. The number of esters is 1. The zero-order valence-electron chi connectivity index (χ0n) is 11.1. The van der Waals surface area contributed by atoms with Crippen LogP contribution in [-0.4, -0.2) is 37.9 Å². The van der Waals surface area contributed by atoms with Crippen LogP contribution in [0, 0.1) is 5.92 Å². The average molecular weight is 264 g/mol. The van der Waals surface area contributed by atoms with Gasteiger partial charge >= 0.3 is 5.97 Å². The lowest BCUT2D eigenvalue weighted by atomic mass is 9.97. The van der Waals surface area contributed by atoms with E-state index in [9.17, 15) is 4.79 Å². The van der Waals surface area contributed by atoms with E-state index in [1.165, 1.54) is 7.11 Å². The number of rotatable bonds is 3. The molecule has 1 saturated heterocycles. The maximum absolute atomic E-state index is 11.5. The van der Waals surface area contributed by atoms with E-state index in [0.29, 0.717) is 17.2 Å². The number of methoxy groups -OCH3 is 1. The predicted molar refractivity (Wildman–Crippen MR) is 74.2 cm³/mol. The van der Waals surface area contributed by atoms with Crippen molar-refractivity contribution in [1.29, 1.82) is 0 Å². The van der Waals surface area contributed by atoms with Crippen molar-refractivity contribution >= 4 is 17.3 Å². The number of carbonyl (C=O) groups excluding carboxylic acids is 1. The van der Waals surface area contributed by atoms with Crippen LogP contribution in [0.5, 0.6) is 0 Å². The van der Waals surface area contributed by atoms with Gasteiger partial charge < -0.3 is 20.5 Å². The van der Waals surface area contributed by atoms with Crippen molar-refractivity contribution < 1.29 is 14.6 Å². The molecule has 2 rings (SSSR count). The molecule has 0 aliphatic carbocycles. The molecule has 5 heteroatoms. The first-order chi connectivity index (χ1) is 9.15. The molecule has 0 saturated carbocycles. The van der Waals surface area contributed by atoms with E-state index in [1.807, 2.05) is 0 Å². The number of nitrogen functional groups attached to an aromatic ring is 1. The maximum Gasteiger partial charge on any atom is 0.337 e. The molecule has 0 bridgehead atoms. The Balaban J connectivity index is 2.17. The SMILES string of the molecule is COC(=O)c1ccc(N)c(N2CCC(CO)CC2)c1. The Morgan fingerprint density at radius 3 is 2.74 bits per heavy atom. The van der Waals surface area contributed by atoms with E-state index >= 15 is 0 Å². The number of nitrogens with zero attached hydrogens (tertiary/aromatic N) is 1. The Morgan fingerprint density at radius 2 is 2.16 bits per heavy atom. The first-order valence-corrected chi connectivity index (χ1v) is 6.49. The molecule has 0 unspecified atom stereocenters. The number of aliphatic hydroxyl groups excluding tert-OH is 1. The number of aliphatic hydroxyl groups is 1. The largest absolute Gasteiger partial charge is 0.465 e. The molecule has 1 fully saturated rings. The molecule has 1 aliphatic heterocycles. The number of hydrogen-bond acceptors (Lipinski definition) is 5. The Morgan fingerprint density at radius 1 is 1.47 bits per heavy atom. The summed E-state index contributed by atoms with van der Waals surface area (Å²) in [5.74, 6) is 0.0211. The normalized spacial score (nSPS) is 16.4. The lowest BCUT2D eigenvalue weighted by molar-refractivity contribution is 0.0601. The van der Waals surface area contributed by atoms with Crippen LogP contribution in [0.2, 0.25) is 0 Å². The van der Waals surface area contributed by atoms with Crippen molar-refractivity contribution in [3.63, 3.8) is 0 Å². The molecule has 5 nitrogen and oxygen atoms in total.